The monoisotopic (exact) mass is 551 g/mol. The fourth-order valence-corrected chi connectivity index (χ4v) is 5.72. The Morgan fingerprint density at radius 3 is 2.17 bits per heavy atom. The molecule has 1 fully saturated rings. The Labute approximate surface area is 241 Å². The summed E-state index contributed by atoms with van der Waals surface area (Å²) < 4.78 is 0. The van der Waals surface area contributed by atoms with Gasteiger partial charge in [-0.2, -0.15) is 0 Å². The van der Waals surface area contributed by atoms with Crippen molar-refractivity contribution in [1.29, 1.82) is 0 Å². The number of piperidine rings is 1. The minimum absolute atomic E-state index is 0.116. The molecule has 0 aliphatic carbocycles. The van der Waals surface area contributed by atoms with Crippen LogP contribution in [0.1, 0.15) is 41.6 Å². The Bertz CT molecular complexity index is 1430. The summed E-state index contributed by atoms with van der Waals surface area (Å²) in [7, 11) is 0. The summed E-state index contributed by atoms with van der Waals surface area (Å²) in [5.41, 5.74) is 5.36. The minimum Gasteiger partial charge on any atom is -0.372 e. The van der Waals surface area contributed by atoms with Gasteiger partial charge in [-0.25, -0.2) is 0 Å². The summed E-state index contributed by atoms with van der Waals surface area (Å²) in [6.07, 6.45) is 1.88. The first-order valence-electron chi connectivity index (χ1n) is 13.9. The molecule has 6 heteroatoms. The van der Waals surface area contributed by atoms with Crippen molar-refractivity contribution in [2.24, 2.45) is 5.92 Å². The number of rotatable bonds is 8. The SMILES string of the molecule is CCNC(=O)C(c1ccccc1)C1CCN(c2ccc(NC(=O)c3ccccc3-c3ccc(Cl)cc3)cc2)CC1. The van der Waals surface area contributed by atoms with Crippen LogP contribution in [0.4, 0.5) is 11.4 Å². The van der Waals surface area contributed by atoms with Gasteiger partial charge in [-0.3, -0.25) is 9.59 Å². The Kier molecular flexibility index (Phi) is 8.82. The lowest BCUT2D eigenvalue weighted by atomic mass is 9.79. The zero-order chi connectivity index (χ0) is 27.9. The number of anilines is 2. The van der Waals surface area contributed by atoms with Crippen molar-refractivity contribution in [3.05, 3.63) is 119 Å². The average Bonchev–Trinajstić information content (AvgIpc) is 2.99. The largest absolute Gasteiger partial charge is 0.372 e. The van der Waals surface area contributed by atoms with E-state index in [9.17, 15) is 9.59 Å². The normalized spacial score (nSPS) is 14.4. The van der Waals surface area contributed by atoms with E-state index in [4.69, 9.17) is 11.6 Å². The van der Waals surface area contributed by atoms with E-state index >= 15 is 0 Å². The van der Waals surface area contributed by atoms with Crippen LogP contribution in [0.5, 0.6) is 0 Å². The molecule has 40 heavy (non-hydrogen) atoms. The number of nitrogens with zero attached hydrogens (tertiary/aromatic N) is 1. The molecular formula is C34H34ClN3O2. The molecule has 1 unspecified atom stereocenters. The van der Waals surface area contributed by atoms with Gasteiger partial charge in [0.2, 0.25) is 5.91 Å². The van der Waals surface area contributed by atoms with Gasteiger partial charge < -0.3 is 15.5 Å². The van der Waals surface area contributed by atoms with Crippen molar-refractivity contribution in [3.63, 3.8) is 0 Å². The third kappa shape index (κ3) is 6.37. The maximum atomic E-state index is 13.2. The molecule has 0 bridgehead atoms. The van der Waals surface area contributed by atoms with E-state index in [1.54, 1.807) is 0 Å². The molecule has 1 heterocycles. The van der Waals surface area contributed by atoms with Gasteiger partial charge in [0, 0.05) is 41.6 Å². The average molecular weight is 552 g/mol. The maximum Gasteiger partial charge on any atom is 0.256 e. The van der Waals surface area contributed by atoms with Crippen molar-refractivity contribution in [2.45, 2.75) is 25.7 Å². The van der Waals surface area contributed by atoms with Gasteiger partial charge >= 0.3 is 0 Å². The Balaban J connectivity index is 1.23. The van der Waals surface area contributed by atoms with Gasteiger partial charge in [-0.05, 0) is 84.8 Å². The second-order valence-corrected chi connectivity index (χ2v) is 10.6. The summed E-state index contributed by atoms with van der Waals surface area (Å²) in [6.45, 7) is 4.37. The molecule has 0 spiro atoms. The molecule has 0 radical (unpaired) electrons. The molecule has 1 atom stereocenters. The Morgan fingerprint density at radius 1 is 0.850 bits per heavy atom. The molecule has 2 amide bonds. The van der Waals surface area contributed by atoms with Crippen LogP contribution in [0.25, 0.3) is 11.1 Å². The molecule has 1 aliphatic heterocycles. The van der Waals surface area contributed by atoms with Crippen LogP contribution in [0, 0.1) is 5.92 Å². The van der Waals surface area contributed by atoms with Gasteiger partial charge in [-0.15, -0.1) is 0 Å². The first-order chi connectivity index (χ1) is 19.5. The number of hydrogen-bond donors (Lipinski definition) is 2. The van der Waals surface area contributed by atoms with E-state index in [1.165, 1.54) is 0 Å². The topological polar surface area (TPSA) is 61.4 Å². The third-order valence-corrected chi connectivity index (χ3v) is 7.87. The van der Waals surface area contributed by atoms with Crippen LogP contribution in [0.2, 0.25) is 5.02 Å². The molecule has 0 saturated carbocycles. The van der Waals surface area contributed by atoms with Crippen LogP contribution >= 0.6 is 11.6 Å². The van der Waals surface area contributed by atoms with Crippen LogP contribution in [-0.4, -0.2) is 31.4 Å². The van der Waals surface area contributed by atoms with Gasteiger partial charge in [-0.1, -0.05) is 72.3 Å². The highest BCUT2D eigenvalue weighted by Gasteiger charge is 2.32. The maximum absolute atomic E-state index is 13.2. The lowest BCUT2D eigenvalue weighted by molar-refractivity contribution is -0.123. The number of amides is 2. The Morgan fingerprint density at radius 2 is 1.50 bits per heavy atom. The molecule has 0 aromatic heterocycles. The third-order valence-electron chi connectivity index (χ3n) is 7.62. The van der Waals surface area contributed by atoms with Gasteiger partial charge in [0.15, 0.2) is 0 Å². The first kappa shape index (κ1) is 27.5. The van der Waals surface area contributed by atoms with E-state index < -0.39 is 0 Å². The molecule has 4 aromatic carbocycles. The highest BCUT2D eigenvalue weighted by atomic mass is 35.5. The summed E-state index contributed by atoms with van der Waals surface area (Å²) in [4.78, 5) is 28.5. The molecule has 1 aliphatic rings. The number of carbonyl (C=O) groups is 2. The van der Waals surface area contributed by atoms with Crippen LogP contribution in [-0.2, 0) is 4.79 Å². The summed E-state index contributed by atoms with van der Waals surface area (Å²) in [5.74, 6) is 0.127. The molecular weight excluding hydrogens is 518 g/mol. The van der Waals surface area contributed by atoms with Gasteiger partial charge in [0.1, 0.15) is 0 Å². The standard InChI is InChI=1S/C34H34ClN3O2/c1-2-36-34(40)32(25-8-4-3-5-9-25)26-20-22-38(23-21-26)29-18-16-28(17-19-29)37-33(39)31-11-7-6-10-30(31)24-12-14-27(35)15-13-24/h3-19,26,32H,2,20-23H2,1H3,(H,36,40)(H,37,39). The number of hydrogen-bond acceptors (Lipinski definition) is 3. The zero-order valence-corrected chi connectivity index (χ0v) is 23.4. The second-order valence-electron chi connectivity index (χ2n) is 10.2. The van der Waals surface area contributed by atoms with E-state index in [-0.39, 0.29) is 17.7 Å². The van der Waals surface area contributed by atoms with Crippen molar-refractivity contribution in [1.82, 2.24) is 5.32 Å². The number of nitrogens with one attached hydrogen (secondary N) is 2. The number of likely N-dealkylation sites (N-methyl/N-ethyl adjacent to an activating group) is 1. The second kappa shape index (κ2) is 12.8. The molecule has 2 N–H and O–H groups in total. The van der Waals surface area contributed by atoms with E-state index in [0.717, 1.165) is 54.0 Å². The van der Waals surface area contributed by atoms with Crippen molar-refractivity contribution < 1.29 is 9.59 Å². The van der Waals surface area contributed by atoms with Crippen LogP contribution in [0.15, 0.2) is 103 Å². The highest BCUT2D eigenvalue weighted by molar-refractivity contribution is 6.30. The molecule has 4 aromatic rings. The van der Waals surface area contributed by atoms with E-state index in [1.807, 2.05) is 85.8 Å². The first-order valence-corrected chi connectivity index (χ1v) is 14.2. The predicted molar refractivity (Wildman–Crippen MR) is 164 cm³/mol. The van der Waals surface area contributed by atoms with Crippen LogP contribution < -0.4 is 15.5 Å². The van der Waals surface area contributed by atoms with Crippen molar-refractivity contribution >= 4 is 34.8 Å². The smallest absolute Gasteiger partial charge is 0.256 e. The molecule has 5 rings (SSSR count). The van der Waals surface area contributed by atoms with Crippen LogP contribution in [0.3, 0.4) is 0 Å². The Hall–Kier alpha value is -4.09. The lowest BCUT2D eigenvalue weighted by Crippen LogP contribution is -2.40. The summed E-state index contributed by atoms with van der Waals surface area (Å²) in [5, 5.41) is 6.75. The fraction of sp³-hybridized carbons (Fsp3) is 0.235. The summed E-state index contributed by atoms with van der Waals surface area (Å²) in [6, 6.07) is 33.2. The number of benzene rings is 4. The quantitative estimate of drug-likeness (QED) is 0.240. The van der Waals surface area contributed by atoms with E-state index in [0.29, 0.717) is 23.0 Å². The highest BCUT2D eigenvalue weighted by Crippen LogP contribution is 2.35. The number of carbonyl (C=O) groups excluding carboxylic acids is 2. The lowest BCUT2D eigenvalue weighted by Gasteiger charge is -2.37. The van der Waals surface area contributed by atoms with Gasteiger partial charge in [0.05, 0.1) is 5.92 Å². The number of halogens is 1. The molecule has 204 valence electrons. The molecule has 5 nitrogen and oxygen atoms in total. The minimum atomic E-state index is -0.156. The fourth-order valence-electron chi connectivity index (χ4n) is 5.59. The van der Waals surface area contributed by atoms with Gasteiger partial charge in [0.25, 0.3) is 5.91 Å². The molecule has 1 saturated heterocycles. The van der Waals surface area contributed by atoms with Crippen molar-refractivity contribution in [2.75, 3.05) is 29.9 Å². The zero-order valence-electron chi connectivity index (χ0n) is 22.6. The summed E-state index contributed by atoms with van der Waals surface area (Å²) >= 11 is 6.05. The predicted octanol–water partition coefficient (Wildman–Crippen LogP) is 7.40. The van der Waals surface area contributed by atoms with Crippen molar-refractivity contribution in [3.8, 4) is 11.1 Å². The van der Waals surface area contributed by atoms with E-state index in [2.05, 4.69) is 39.8 Å².